The molecular formula is C43H37NO. The molecule has 220 valence electrons. The van der Waals surface area contributed by atoms with Crippen LogP contribution >= 0.6 is 0 Å². The predicted octanol–water partition coefficient (Wildman–Crippen LogP) is 11.4. The van der Waals surface area contributed by atoms with Crippen molar-refractivity contribution < 1.29 is 4.74 Å². The van der Waals surface area contributed by atoms with Gasteiger partial charge in [0.25, 0.3) is 0 Å². The summed E-state index contributed by atoms with van der Waals surface area (Å²) in [5, 5.41) is 3.69. The molecule has 0 bridgehead atoms. The Balaban J connectivity index is 1.15. The fraction of sp³-hybridized carbons (Fsp3) is 0.116. The molecule has 2 heteroatoms. The average Bonchev–Trinajstić information content (AvgIpc) is 3.55. The van der Waals surface area contributed by atoms with E-state index in [0.29, 0.717) is 0 Å². The van der Waals surface area contributed by atoms with E-state index in [1.165, 1.54) is 38.9 Å². The number of anilines is 2. The Morgan fingerprint density at radius 2 is 1.47 bits per heavy atom. The Labute approximate surface area is 266 Å². The van der Waals surface area contributed by atoms with Crippen molar-refractivity contribution in [3.05, 3.63) is 192 Å². The second kappa shape index (κ2) is 12.3. The number of rotatable bonds is 9. The van der Waals surface area contributed by atoms with Gasteiger partial charge in [0.05, 0.1) is 0 Å². The highest BCUT2D eigenvalue weighted by Crippen LogP contribution is 2.55. The van der Waals surface area contributed by atoms with Gasteiger partial charge in [0.1, 0.15) is 11.5 Å². The zero-order valence-corrected chi connectivity index (χ0v) is 25.6. The minimum atomic E-state index is -0.270. The maximum atomic E-state index is 5.86. The van der Waals surface area contributed by atoms with Crippen molar-refractivity contribution in [1.82, 2.24) is 0 Å². The molecule has 2 unspecified atom stereocenters. The number of allylic oxidation sites excluding steroid dienone is 6. The molecule has 1 aliphatic carbocycles. The van der Waals surface area contributed by atoms with Crippen molar-refractivity contribution in [3.63, 3.8) is 0 Å². The van der Waals surface area contributed by atoms with E-state index in [9.17, 15) is 0 Å². The van der Waals surface area contributed by atoms with Gasteiger partial charge in [-0.05, 0) is 83.5 Å². The van der Waals surface area contributed by atoms with Crippen LogP contribution < -0.4 is 10.1 Å². The van der Waals surface area contributed by atoms with Crippen molar-refractivity contribution in [1.29, 1.82) is 0 Å². The Morgan fingerprint density at radius 1 is 0.733 bits per heavy atom. The summed E-state index contributed by atoms with van der Waals surface area (Å²) in [4.78, 5) is 0. The molecule has 0 saturated heterocycles. The number of ether oxygens (including phenoxy) is 1. The van der Waals surface area contributed by atoms with Crippen LogP contribution in [0.5, 0.6) is 5.75 Å². The molecule has 2 atom stereocenters. The molecular weight excluding hydrogens is 546 g/mol. The monoisotopic (exact) mass is 583 g/mol. The highest BCUT2D eigenvalue weighted by Gasteiger charge is 2.43. The first-order valence-corrected chi connectivity index (χ1v) is 15.7. The van der Waals surface area contributed by atoms with Crippen LogP contribution in [0.25, 0.3) is 17.2 Å². The van der Waals surface area contributed by atoms with E-state index in [1.54, 1.807) is 0 Å². The van der Waals surface area contributed by atoms with E-state index in [1.807, 2.05) is 12.1 Å². The number of hydrogen-bond donors (Lipinski definition) is 1. The second-order valence-electron chi connectivity index (χ2n) is 11.8. The topological polar surface area (TPSA) is 21.3 Å². The lowest BCUT2D eigenvalue weighted by molar-refractivity contribution is 0.430. The molecule has 45 heavy (non-hydrogen) atoms. The van der Waals surface area contributed by atoms with E-state index in [0.717, 1.165) is 35.7 Å². The van der Waals surface area contributed by atoms with Gasteiger partial charge in [-0.2, -0.15) is 0 Å². The highest BCUT2D eigenvalue weighted by molar-refractivity contribution is 5.85. The van der Waals surface area contributed by atoms with Gasteiger partial charge in [0.15, 0.2) is 0 Å². The number of hydrogen-bond acceptors (Lipinski definition) is 2. The minimum absolute atomic E-state index is 0.200. The van der Waals surface area contributed by atoms with E-state index in [-0.39, 0.29) is 11.3 Å². The quantitative estimate of drug-likeness (QED) is 0.174. The fourth-order valence-electron chi connectivity index (χ4n) is 6.94. The summed E-state index contributed by atoms with van der Waals surface area (Å²) >= 11 is 0. The van der Waals surface area contributed by atoms with Crippen molar-refractivity contribution in [2.24, 2.45) is 0 Å². The minimum Gasteiger partial charge on any atom is -0.461 e. The zero-order chi connectivity index (χ0) is 30.6. The average molecular weight is 584 g/mol. The first-order chi connectivity index (χ1) is 22.2. The van der Waals surface area contributed by atoms with Gasteiger partial charge >= 0.3 is 0 Å². The molecule has 0 saturated carbocycles. The fourth-order valence-corrected chi connectivity index (χ4v) is 6.94. The first kappa shape index (κ1) is 28.4. The Hall–Kier alpha value is -5.34. The molecule has 0 spiro atoms. The highest BCUT2D eigenvalue weighted by atomic mass is 16.5. The van der Waals surface area contributed by atoms with Crippen LogP contribution in [-0.2, 0) is 5.41 Å². The molecule has 2 aliphatic rings. The van der Waals surface area contributed by atoms with Gasteiger partial charge in [0, 0.05) is 28.3 Å². The standard InChI is InChI=1S/C43H37NO/c1-3-4-5-13-29-43(33-16-7-6-8-17-33)40-21-11-9-18-37(40)38-28-27-35(30-41(38)43)44-34-25-23-32(24-26-34)15-14-20-36-31(2)45-42-22-12-10-19-39(36)42/h3-19,21-28,30,36,44H,2,20,29H2,1H3/b4-3-,13-5-,15-14+. The van der Waals surface area contributed by atoms with E-state index < -0.39 is 0 Å². The van der Waals surface area contributed by atoms with Gasteiger partial charge in [-0.25, -0.2) is 0 Å². The summed E-state index contributed by atoms with van der Waals surface area (Å²) in [5.74, 6) is 1.95. The largest absolute Gasteiger partial charge is 0.461 e. The van der Waals surface area contributed by atoms with Crippen molar-refractivity contribution in [2.45, 2.75) is 31.1 Å². The van der Waals surface area contributed by atoms with E-state index >= 15 is 0 Å². The van der Waals surface area contributed by atoms with E-state index in [2.05, 4.69) is 164 Å². The first-order valence-electron chi connectivity index (χ1n) is 15.7. The van der Waals surface area contributed by atoms with E-state index in [4.69, 9.17) is 4.74 Å². The number of benzene rings is 5. The van der Waals surface area contributed by atoms with Gasteiger partial charge in [-0.1, -0.05) is 134 Å². The second-order valence-corrected chi connectivity index (χ2v) is 11.8. The van der Waals surface area contributed by atoms with Crippen molar-refractivity contribution in [3.8, 4) is 16.9 Å². The SMILES string of the molecule is C=C1Oc2ccccc2C1C/C=C/c1ccc(Nc2ccc3c(c2)C(C/C=C\C=C/C)(c2ccccc2)c2ccccc2-3)cc1. The van der Waals surface area contributed by atoms with Crippen LogP contribution in [0, 0.1) is 0 Å². The van der Waals surface area contributed by atoms with Crippen LogP contribution in [0.2, 0.25) is 0 Å². The zero-order valence-electron chi connectivity index (χ0n) is 25.6. The summed E-state index contributed by atoms with van der Waals surface area (Å²) in [5.41, 5.74) is 10.9. The molecule has 0 radical (unpaired) electrons. The maximum Gasteiger partial charge on any atom is 0.130 e. The summed E-state index contributed by atoms with van der Waals surface area (Å²) < 4.78 is 5.86. The third-order valence-corrected chi connectivity index (χ3v) is 9.09. The smallest absolute Gasteiger partial charge is 0.130 e. The van der Waals surface area contributed by atoms with Crippen LogP contribution in [0.1, 0.15) is 53.5 Å². The molecule has 1 N–H and O–H groups in total. The van der Waals surface area contributed by atoms with Crippen LogP contribution in [0.15, 0.2) is 164 Å². The summed E-state index contributed by atoms with van der Waals surface area (Å²) in [6, 6.07) is 43.5. The number of para-hydroxylation sites is 1. The normalized spacial score (nSPS) is 18.3. The molecule has 0 amide bonds. The number of fused-ring (bicyclic) bond motifs is 4. The van der Waals surface area contributed by atoms with Crippen molar-refractivity contribution in [2.75, 3.05) is 5.32 Å². The molecule has 7 rings (SSSR count). The summed E-state index contributed by atoms with van der Waals surface area (Å²) in [6.07, 6.45) is 14.8. The lowest BCUT2D eigenvalue weighted by Gasteiger charge is -2.32. The maximum absolute atomic E-state index is 5.86. The van der Waals surface area contributed by atoms with Gasteiger partial charge in [-0.3, -0.25) is 0 Å². The predicted molar refractivity (Wildman–Crippen MR) is 189 cm³/mol. The molecule has 1 aliphatic heterocycles. The summed E-state index contributed by atoms with van der Waals surface area (Å²) in [6.45, 7) is 6.19. The molecule has 1 heterocycles. The molecule has 0 aromatic heterocycles. The third-order valence-electron chi connectivity index (χ3n) is 9.09. The van der Waals surface area contributed by atoms with Crippen LogP contribution in [0.3, 0.4) is 0 Å². The molecule has 5 aromatic rings. The van der Waals surface area contributed by atoms with Crippen LogP contribution in [0.4, 0.5) is 11.4 Å². The molecule has 5 aromatic carbocycles. The molecule has 2 nitrogen and oxygen atoms in total. The van der Waals surface area contributed by atoms with Gasteiger partial charge in [0.2, 0.25) is 0 Å². The van der Waals surface area contributed by atoms with Crippen molar-refractivity contribution >= 4 is 17.5 Å². The number of nitrogens with one attached hydrogen (secondary N) is 1. The Morgan fingerprint density at radius 3 is 2.31 bits per heavy atom. The Kier molecular flexibility index (Phi) is 7.80. The van der Waals surface area contributed by atoms with Crippen LogP contribution in [-0.4, -0.2) is 0 Å². The van der Waals surface area contributed by atoms with Gasteiger partial charge < -0.3 is 10.1 Å². The van der Waals surface area contributed by atoms with Gasteiger partial charge in [-0.15, -0.1) is 0 Å². The Bertz CT molecular complexity index is 1930. The third kappa shape index (κ3) is 5.34. The summed E-state index contributed by atoms with van der Waals surface area (Å²) in [7, 11) is 0. The lowest BCUT2D eigenvalue weighted by atomic mass is 9.70. The lowest BCUT2D eigenvalue weighted by Crippen LogP contribution is -2.26. The molecule has 0 fully saturated rings.